The maximum atomic E-state index is 5.66. The van der Waals surface area contributed by atoms with Crippen LogP contribution in [0.25, 0.3) is 0 Å². The summed E-state index contributed by atoms with van der Waals surface area (Å²) in [5.74, 6) is 0. The van der Waals surface area contributed by atoms with Crippen molar-refractivity contribution in [2.24, 2.45) is 5.73 Å². The van der Waals surface area contributed by atoms with Crippen LogP contribution in [-0.4, -0.2) is 5.37 Å². The van der Waals surface area contributed by atoms with E-state index >= 15 is 0 Å². The molecule has 1 nitrogen and oxygen atoms in total. The van der Waals surface area contributed by atoms with Gasteiger partial charge in [-0.05, 0) is 5.56 Å². The van der Waals surface area contributed by atoms with Crippen molar-refractivity contribution in [3.8, 4) is 0 Å². The molecular weight excluding hydrogens is 142 g/mol. The molecule has 0 spiro atoms. The van der Waals surface area contributed by atoms with E-state index in [1.807, 2.05) is 17.8 Å². The Morgan fingerprint density at radius 2 is 1.80 bits per heavy atom. The van der Waals surface area contributed by atoms with Crippen LogP contribution in [0.2, 0.25) is 0 Å². The molecule has 1 aromatic carbocycles. The van der Waals surface area contributed by atoms with Gasteiger partial charge >= 0.3 is 0 Å². The van der Waals surface area contributed by atoms with Gasteiger partial charge in [0.2, 0.25) is 0 Å². The molecular formula is C8H9NS. The quantitative estimate of drug-likeness (QED) is 0.619. The first-order chi connectivity index (χ1) is 4.88. The molecule has 0 amide bonds. The summed E-state index contributed by atoms with van der Waals surface area (Å²) >= 11 is 1.82. The number of hydrogen-bond acceptors (Lipinski definition) is 2. The highest BCUT2D eigenvalue weighted by atomic mass is 32.2. The van der Waals surface area contributed by atoms with Gasteiger partial charge in [0.1, 0.15) is 0 Å². The zero-order valence-corrected chi connectivity index (χ0v) is 6.34. The minimum absolute atomic E-state index is 0.349. The molecule has 2 unspecified atom stereocenters. The first kappa shape index (κ1) is 6.25. The molecule has 2 N–H and O–H groups in total. The van der Waals surface area contributed by atoms with Crippen molar-refractivity contribution in [3.05, 3.63) is 35.9 Å². The first-order valence-corrected chi connectivity index (χ1v) is 4.28. The predicted octanol–water partition coefficient (Wildman–Crippen LogP) is 1.76. The summed E-state index contributed by atoms with van der Waals surface area (Å²) in [7, 11) is 0. The standard InChI is InChI=1S/C8H9NS/c9-8-7(10-8)6-4-2-1-3-5-6/h1-5,7-8H,9H2. The van der Waals surface area contributed by atoms with Gasteiger partial charge in [0.15, 0.2) is 0 Å². The molecule has 0 bridgehead atoms. The van der Waals surface area contributed by atoms with Crippen LogP contribution in [-0.2, 0) is 0 Å². The highest BCUT2D eigenvalue weighted by molar-refractivity contribution is 8.07. The van der Waals surface area contributed by atoms with Gasteiger partial charge in [0, 0.05) is 0 Å². The smallest absolute Gasteiger partial charge is 0.0676 e. The molecule has 0 radical (unpaired) electrons. The highest BCUT2D eigenvalue weighted by Crippen LogP contribution is 2.51. The molecule has 0 saturated carbocycles. The summed E-state index contributed by atoms with van der Waals surface area (Å²) in [4.78, 5) is 0. The molecule has 0 aliphatic carbocycles. The van der Waals surface area contributed by atoms with E-state index in [-0.39, 0.29) is 0 Å². The summed E-state index contributed by atoms with van der Waals surface area (Å²) in [6, 6.07) is 10.4. The monoisotopic (exact) mass is 151 g/mol. The van der Waals surface area contributed by atoms with E-state index in [1.54, 1.807) is 0 Å². The number of thioether (sulfide) groups is 1. The minimum Gasteiger partial charge on any atom is -0.318 e. The van der Waals surface area contributed by atoms with E-state index < -0.39 is 0 Å². The van der Waals surface area contributed by atoms with Gasteiger partial charge in [0.25, 0.3) is 0 Å². The summed E-state index contributed by atoms with van der Waals surface area (Å²) in [6.45, 7) is 0. The Kier molecular flexibility index (Phi) is 1.43. The molecule has 2 heteroatoms. The van der Waals surface area contributed by atoms with Crippen molar-refractivity contribution in [1.82, 2.24) is 0 Å². The van der Waals surface area contributed by atoms with Crippen LogP contribution in [0.15, 0.2) is 30.3 Å². The molecule has 0 aromatic heterocycles. The fraction of sp³-hybridized carbons (Fsp3) is 0.250. The van der Waals surface area contributed by atoms with Crippen molar-refractivity contribution in [2.75, 3.05) is 0 Å². The summed E-state index contributed by atoms with van der Waals surface area (Å²) in [6.07, 6.45) is 0. The average molecular weight is 151 g/mol. The second-order valence-electron chi connectivity index (χ2n) is 2.43. The van der Waals surface area contributed by atoms with Crippen LogP contribution >= 0.6 is 11.8 Å². The fourth-order valence-electron chi connectivity index (χ4n) is 1.03. The van der Waals surface area contributed by atoms with E-state index in [0.717, 1.165) is 0 Å². The Labute approximate surface area is 64.6 Å². The third-order valence-corrected chi connectivity index (χ3v) is 2.78. The van der Waals surface area contributed by atoms with E-state index in [0.29, 0.717) is 10.6 Å². The van der Waals surface area contributed by atoms with Gasteiger partial charge in [0.05, 0.1) is 10.6 Å². The van der Waals surface area contributed by atoms with Crippen LogP contribution < -0.4 is 5.73 Å². The Balaban J connectivity index is 2.20. The molecule has 52 valence electrons. The van der Waals surface area contributed by atoms with Crippen LogP contribution in [0, 0.1) is 0 Å². The van der Waals surface area contributed by atoms with E-state index in [4.69, 9.17) is 5.73 Å². The number of benzene rings is 1. The van der Waals surface area contributed by atoms with Crippen molar-refractivity contribution in [1.29, 1.82) is 0 Å². The molecule has 2 atom stereocenters. The lowest BCUT2D eigenvalue weighted by molar-refractivity contribution is 0.992. The van der Waals surface area contributed by atoms with Crippen LogP contribution in [0.5, 0.6) is 0 Å². The molecule has 1 saturated heterocycles. The first-order valence-electron chi connectivity index (χ1n) is 3.34. The number of hydrogen-bond donors (Lipinski definition) is 1. The van der Waals surface area contributed by atoms with Gasteiger partial charge in [-0.2, -0.15) is 0 Å². The topological polar surface area (TPSA) is 26.0 Å². The average Bonchev–Trinajstić information content (AvgIpc) is 2.69. The van der Waals surface area contributed by atoms with Crippen molar-refractivity contribution in [2.45, 2.75) is 10.6 Å². The van der Waals surface area contributed by atoms with Gasteiger partial charge in [-0.3, -0.25) is 0 Å². The Bertz CT molecular complexity index is 222. The normalized spacial score (nSPS) is 30.1. The van der Waals surface area contributed by atoms with Crippen LogP contribution in [0.3, 0.4) is 0 Å². The Morgan fingerprint density at radius 1 is 1.20 bits per heavy atom. The van der Waals surface area contributed by atoms with E-state index in [1.165, 1.54) is 5.56 Å². The predicted molar refractivity (Wildman–Crippen MR) is 44.7 cm³/mol. The Morgan fingerprint density at radius 3 is 2.30 bits per heavy atom. The zero-order valence-electron chi connectivity index (χ0n) is 5.53. The molecule has 1 aromatic rings. The van der Waals surface area contributed by atoms with Crippen LogP contribution in [0.4, 0.5) is 0 Å². The SMILES string of the molecule is NC1SC1c1ccccc1. The van der Waals surface area contributed by atoms with Crippen molar-refractivity contribution >= 4 is 11.8 Å². The van der Waals surface area contributed by atoms with Crippen LogP contribution in [0.1, 0.15) is 10.8 Å². The Hall–Kier alpha value is -0.470. The van der Waals surface area contributed by atoms with E-state index in [9.17, 15) is 0 Å². The largest absolute Gasteiger partial charge is 0.318 e. The lowest BCUT2D eigenvalue weighted by Gasteiger charge is -1.92. The third-order valence-electron chi connectivity index (χ3n) is 1.65. The molecule has 1 fully saturated rings. The van der Waals surface area contributed by atoms with Crippen molar-refractivity contribution in [3.63, 3.8) is 0 Å². The van der Waals surface area contributed by atoms with Gasteiger partial charge in [-0.25, -0.2) is 0 Å². The molecule has 2 rings (SSSR count). The van der Waals surface area contributed by atoms with Gasteiger partial charge in [-0.1, -0.05) is 30.3 Å². The highest BCUT2D eigenvalue weighted by Gasteiger charge is 2.35. The van der Waals surface area contributed by atoms with Crippen molar-refractivity contribution < 1.29 is 0 Å². The molecule has 10 heavy (non-hydrogen) atoms. The summed E-state index contributed by atoms with van der Waals surface area (Å²) in [5.41, 5.74) is 7.02. The zero-order chi connectivity index (χ0) is 6.97. The second kappa shape index (κ2) is 2.29. The second-order valence-corrected chi connectivity index (χ2v) is 3.76. The summed E-state index contributed by atoms with van der Waals surface area (Å²) in [5, 5.41) is 0.920. The lowest BCUT2D eigenvalue weighted by atomic mass is 10.2. The lowest BCUT2D eigenvalue weighted by Crippen LogP contribution is -1.99. The molecule has 1 aliphatic rings. The maximum Gasteiger partial charge on any atom is 0.0676 e. The maximum absolute atomic E-state index is 5.66. The van der Waals surface area contributed by atoms with E-state index in [2.05, 4.69) is 24.3 Å². The number of nitrogens with two attached hydrogens (primary N) is 1. The summed E-state index contributed by atoms with van der Waals surface area (Å²) < 4.78 is 0. The van der Waals surface area contributed by atoms with Gasteiger partial charge in [-0.15, -0.1) is 11.8 Å². The fourth-order valence-corrected chi connectivity index (χ4v) is 1.75. The molecule has 1 heterocycles. The minimum atomic E-state index is 0.349. The molecule has 1 aliphatic heterocycles. The number of rotatable bonds is 1. The third kappa shape index (κ3) is 1.04. The van der Waals surface area contributed by atoms with Gasteiger partial charge < -0.3 is 5.73 Å².